The van der Waals surface area contributed by atoms with E-state index in [2.05, 4.69) is 29.2 Å². The number of carbonyl (C=O) groups excluding carboxylic acids is 1. The van der Waals surface area contributed by atoms with Crippen molar-refractivity contribution in [2.45, 2.75) is 0 Å². The van der Waals surface area contributed by atoms with E-state index in [1.165, 1.54) is 10.8 Å². The van der Waals surface area contributed by atoms with E-state index in [-0.39, 0.29) is 18.4 Å². The second-order valence-corrected chi connectivity index (χ2v) is 6.03. The van der Waals surface area contributed by atoms with Gasteiger partial charge in [-0.05, 0) is 33.7 Å². The molecule has 0 saturated carbocycles. The van der Waals surface area contributed by atoms with E-state index in [1.54, 1.807) is 0 Å². The predicted molar refractivity (Wildman–Crippen MR) is 102 cm³/mol. The number of morpholine rings is 1. The standard InChI is InChI=1S/C20H19NO3.ClH/c22-20(14-21-9-11-23-12-10-21)24-17-8-7-16-6-5-15-3-1-2-4-18(15)19(16)13-17;/h1-8,13H,9-12,14H2;1H. The maximum absolute atomic E-state index is 12.2. The summed E-state index contributed by atoms with van der Waals surface area (Å²) in [5, 5.41) is 4.59. The van der Waals surface area contributed by atoms with Gasteiger partial charge in [-0.3, -0.25) is 9.69 Å². The van der Waals surface area contributed by atoms with E-state index < -0.39 is 0 Å². The molecule has 1 aliphatic heterocycles. The van der Waals surface area contributed by atoms with Crippen molar-refractivity contribution in [1.82, 2.24) is 4.90 Å². The molecule has 0 unspecified atom stereocenters. The first kappa shape index (κ1) is 17.7. The molecule has 130 valence electrons. The van der Waals surface area contributed by atoms with Gasteiger partial charge in [-0.25, -0.2) is 0 Å². The summed E-state index contributed by atoms with van der Waals surface area (Å²) in [6.07, 6.45) is 0. The van der Waals surface area contributed by atoms with Crippen molar-refractivity contribution in [3.05, 3.63) is 54.6 Å². The molecule has 0 atom stereocenters. The average Bonchev–Trinajstić information content (AvgIpc) is 2.62. The van der Waals surface area contributed by atoms with Gasteiger partial charge in [0.05, 0.1) is 19.8 Å². The van der Waals surface area contributed by atoms with E-state index in [4.69, 9.17) is 9.47 Å². The van der Waals surface area contributed by atoms with Crippen LogP contribution in [0.25, 0.3) is 21.5 Å². The Morgan fingerprint density at radius 1 is 0.960 bits per heavy atom. The molecule has 25 heavy (non-hydrogen) atoms. The van der Waals surface area contributed by atoms with Crippen LogP contribution in [0.3, 0.4) is 0 Å². The van der Waals surface area contributed by atoms with Crippen molar-refractivity contribution < 1.29 is 14.3 Å². The molecule has 5 heteroatoms. The molecule has 0 aromatic heterocycles. The number of nitrogens with zero attached hydrogens (tertiary/aromatic N) is 1. The van der Waals surface area contributed by atoms with Gasteiger partial charge in [0.1, 0.15) is 5.75 Å². The van der Waals surface area contributed by atoms with Gasteiger partial charge < -0.3 is 9.47 Å². The Balaban J connectivity index is 0.00000182. The number of esters is 1. The summed E-state index contributed by atoms with van der Waals surface area (Å²) < 4.78 is 10.8. The highest BCUT2D eigenvalue weighted by Gasteiger charge is 2.15. The molecule has 0 N–H and O–H groups in total. The largest absolute Gasteiger partial charge is 0.426 e. The van der Waals surface area contributed by atoms with Gasteiger partial charge in [-0.15, -0.1) is 12.4 Å². The second-order valence-electron chi connectivity index (χ2n) is 6.03. The first-order chi connectivity index (χ1) is 11.8. The Hall–Kier alpha value is -2.14. The molecule has 0 radical (unpaired) electrons. The van der Waals surface area contributed by atoms with Crippen LogP contribution >= 0.6 is 12.4 Å². The summed E-state index contributed by atoms with van der Waals surface area (Å²) in [7, 11) is 0. The van der Waals surface area contributed by atoms with Crippen LogP contribution in [-0.2, 0) is 9.53 Å². The van der Waals surface area contributed by atoms with Crippen molar-refractivity contribution in [3.63, 3.8) is 0 Å². The van der Waals surface area contributed by atoms with Crippen LogP contribution in [0, 0.1) is 0 Å². The van der Waals surface area contributed by atoms with E-state index in [1.807, 2.05) is 30.3 Å². The van der Waals surface area contributed by atoms with Crippen molar-refractivity contribution in [2.75, 3.05) is 32.8 Å². The Labute approximate surface area is 152 Å². The maximum Gasteiger partial charge on any atom is 0.325 e. The first-order valence-electron chi connectivity index (χ1n) is 8.22. The summed E-state index contributed by atoms with van der Waals surface area (Å²) in [4.78, 5) is 14.2. The third-order valence-electron chi connectivity index (χ3n) is 4.41. The minimum atomic E-state index is -0.225. The third kappa shape index (κ3) is 3.93. The lowest BCUT2D eigenvalue weighted by atomic mass is 10.0. The number of rotatable bonds is 3. The topological polar surface area (TPSA) is 38.8 Å². The van der Waals surface area contributed by atoms with Gasteiger partial charge in [0.25, 0.3) is 0 Å². The molecular formula is C20H20ClNO3. The molecular weight excluding hydrogens is 338 g/mol. The molecule has 0 aliphatic carbocycles. The van der Waals surface area contributed by atoms with Crippen LogP contribution in [-0.4, -0.2) is 43.7 Å². The van der Waals surface area contributed by atoms with Gasteiger partial charge in [0, 0.05) is 13.1 Å². The number of benzene rings is 3. The number of hydrogen-bond acceptors (Lipinski definition) is 4. The zero-order valence-corrected chi connectivity index (χ0v) is 14.6. The molecule has 0 spiro atoms. The molecule has 0 amide bonds. The number of carbonyl (C=O) groups is 1. The fourth-order valence-corrected chi connectivity index (χ4v) is 3.15. The highest BCUT2D eigenvalue weighted by molar-refractivity contribution is 6.07. The van der Waals surface area contributed by atoms with Gasteiger partial charge in [0.15, 0.2) is 0 Å². The lowest BCUT2D eigenvalue weighted by Crippen LogP contribution is -2.40. The van der Waals surface area contributed by atoms with Crippen LogP contribution in [0.2, 0.25) is 0 Å². The smallest absolute Gasteiger partial charge is 0.325 e. The van der Waals surface area contributed by atoms with Crippen molar-refractivity contribution >= 4 is 39.9 Å². The Morgan fingerprint density at radius 2 is 1.64 bits per heavy atom. The Bertz CT molecular complexity index is 890. The SMILES string of the molecule is Cl.O=C(CN1CCOCC1)Oc1ccc2ccc3ccccc3c2c1. The number of ether oxygens (including phenoxy) is 2. The lowest BCUT2D eigenvalue weighted by Gasteiger charge is -2.25. The van der Waals surface area contributed by atoms with E-state index in [0.29, 0.717) is 25.5 Å². The molecule has 1 heterocycles. The molecule has 4 rings (SSSR count). The predicted octanol–water partition coefficient (Wildman–Crippen LogP) is 3.65. The highest BCUT2D eigenvalue weighted by Crippen LogP contribution is 2.28. The van der Waals surface area contributed by atoms with Crippen LogP contribution in [0.4, 0.5) is 0 Å². The summed E-state index contributed by atoms with van der Waals surface area (Å²) in [6, 6.07) is 18.3. The van der Waals surface area contributed by atoms with Crippen molar-refractivity contribution in [1.29, 1.82) is 0 Å². The Morgan fingerprint density at radius 3 is 2.44 bits per heavy atom. The van der Waals surface area contributed by atoms with Crippen molar-refractivity contribution in [3.8, 4) is 5.75 Å². The molecule has 0 bridgehead atoms. The normalized spacial score (nSPS) is 15.0. The van der Waals surface area contributed by atoms with Crippen LogP contribution in [0.5, 0.6) is 5.75 Å². The fourth-order valence-electron chi connectivity index (χ4n) is 3.15. The number of hydrogen-bond donors (Lipinski definition) is 0. The highest BCUT2D eigenvalue weighted by atomic mass is 35.5. The summed E-state index contributed by atoms with van der Waals surface area (Å²) >= 11 is 0. The maximum atomic E-state index is 12.2. The third-order valence-corrected chi connectivity index (χ3v) is 4.41. The molecule has 1 aliphatic rings. The van der Waals surface area contributed by atoms with E-state index >= 15 is 0 Å². The monoisotopic (exact) mass is 357 g/mol. The molecule has 3 aromatic carbocycles. The lowest BCUT2D eigenvalue weighted by molar-refractivity contribution is -0.136. The van der Waals surface area contributed by atoms with Gasteiger partial charge in [-0.1, -0.05) is 42.5 Å². The minimum absolute atomic E-state index is 0. The zero-order chi connectivity index (χ0) is 16.4. The molecule has 4 nitrogen and oxygen atoms in total. The van der Waals surface area contributed by atoms with E-state index in [0.717, 1.165) is 23.9 Å². The second kappa shape index (κ2) is 7.83. The fraction of sp³-hybridized carbons (Fsp3) is 0.250. The summed E-state index contributed by atoms with van der Waals surface area (Å²) in [6.45, 7) is 3.20. The molecule has 1 fully saturated rings. The van der Waals surface area contributed by atoms with Crippen LogP contribution in [0.15, 0.2) is 54.6 Å². The summed E-state index contributed by atoms with van der Waals surface area (Å²) in [5.41, 5.74) is 0. The zero-order valence-electron chi connectivity index (χ0n) is 13.8. The van der Waals surface area contributed by atoms with Gasteiger partial charge >= 0.3 is 5.97 Å². The Kier molecular flexibility index (Phi) is 5.53. The minimum Gasteiger partial charge on any atom is -0.426 e. The first-order valence-corrected chi connectivity index (χ1v) is 8.22. The molecule has 3 aromatic rings. The van der Waals surface area contributed by atoms with Crippen molar-refractivity contribution in [2.24, 2.45) is 0 Å². The average molecular weight is 358 g/mol. The van der Waals surface area contributed by atoms with Crippen LogP contribution in [0.1, 0.15) is 0 Å². The number of fused-ring (bicyclic) bond motifs is 3. The quantitative estimate of drug-likeness (QED) is 0.407. The summed E-state index contributed by atoms with van der Waals surface area (Å²) in [5.74, 6) is 0.369. The molecule has 1 saturated heterocycles. The number of halogens is 1. The van der Waals surface area contributed by atoms with Gasteiger partial charge in [-0.2, -0.15) is 0 Å². The van der Waals surface area contributed by atoms with E-state index in [9.17, 15) is 4.79 Å². The van der Waals surface area contributed by atoms with Crippen LogP contribution < -0.4 is 4.74 Å². The van der Waals surface area contributed by atoms with Gasteiger partial charge in [0.2, 0.25) is 0 Å².